The summed E-state index contributed by atoms with van der Waals surface area (Å²) in [5, 5.41) is 0. The van der Waals surface area contributed by atoms with Gasteiger partial charge in [-0.2, -0.15) is 0 Å². The highest BCUT2D eigenvalue weighted by Gasteiger charge is 2.48. The Morgan fingerprint density at radius 3 is 1.94 bits per heavy atom. The third-order valence-corrected chi connectivity index (χ3v) is 7.55. The third-order valence-electron chi connectivity index (χ3n) is 7.55. The summed E-state index contributed by atoms with van der Waals surface area (Å²) in [6, 6.07) is 22.2. The normalized spacial score (nSPS) is 16.3. The van der Waals surface area contributed by atoms with Gasteiger partial charge in [-0.05, 0) is 39.6 Å². The van der Waals surface area contributed by atoms with Gasteiger partial charge < -0.3 is 9.47 Å². The zero-order valence-corrected chi connectivity index (χ0v) is 20.4. The SMILES string of the molecule is CC1(C)CB(c2cc(OCc3ccccc3)c(C(=O)OCc3ccccc3)cc2F)CC1(C)C. The molecule has 1 aliphatic heterocycles. The summed E-state index contributed by atoms with van der Waals surface area (Å²) >= 11 is 0. The number of benzene rings is 3. The van der Waals surface area contributed by atoms with Crippen molar-refractivity contribution >= 4 is 18.1 Å². The summed E-state index contributed by atoms with van der Waals surface area (Å²) in [4.78, 5) is 13.0. The van der Waals surface area contributed by atoms with Crippen LogP contribution in [0.4, 0.5) is 4.39 Å². The lowest BCUT2D eigenvalue weighted by molar-refractivity contribution is 0.0467. The van der Waals surface area contributed by atoms with Crippen molar-refractivity contribution in [3.63, 3.8) is 0 Å². The van der Waals surface area contributed by atoms with Crippen molar-refractivity contribution in [2.45, 2.75) is 53.5 Å². The van der Waals surface area contributed by atoms with Crippen molar-refractivity contribution in [3.8, 4) is 5.75 Å². The molecule has 3 aromatic carbocycles. The molecule has 0 unspecified atom stereocenters. The van der Waals surface area contributed by atoms with Crippen LogP contribution in [0.15, 0.2) is 72.8 Å². The summed E-state index contributed by atoms with van der Waals surface area (Å²) in [5.41, 5.74) is 2.74. The van der Waals surface area contributed by atoms with E-state index in [1.165, 1.54) is 6.07 Å². The van der Waals surface area contributed by atoms with Gasteiger partial charge in [0, 0.05) is 0 Å². The highest BCUT2D eigenvalue weighted by molar-refractivity contribution is 6.74. The molecule has 0 amide bonds. The van der Waals surface area contributed by atoms with E-state index in [0.29, 0.717) is 11.2 Å². The van der Waals surface area contributed by atoms with Crippen LogP contribution >= 0.6 is 0 Å². The van der Waals surface area contributed by atoms with Crippen LogP contribution in [0.25, 0.3) is 0 Å². The van der Waals surface area contributed by atoms with Gasteiger partial charge in [-0.1, -0.05) is 101 Å². The first kappa shape index (κ1) is 24.1. The van der Waals surface area contributed by atoms with E-state index in [0.717, 1.165) is 23.8 Å². The van der Waals surface area contributed by atoms with Gasteiger partial charge in [0.25, 0.3) is 0 Å². The molecular formula is C29H32BFO3. The lowest BCUT2D eigenvalue weighted by atomic mass is 9.42. The number of carbonyl (C=O) groups is 1. The van der Waals surface area contributed by atoms with Crippen LogP contribution in [0.2, 0.25) is 12.6 Å². The van der Waals surface area contributed by atoms with Gasteiger partial charge >= 0.3 is 5.97 Å². The molecule has 0 spiro atoms. The Morgan fingerprint density at radius 1 is 0.853 bits per heavy atom. The Kier molecular flexibility index (Phi) is 6.83. The minimum absolute atomic E-state index is 0.0680. The van der Waals surface area contributed by atoms with Gasteiger partial charge in [-0.15, -0.1) is 0 Å². The van der Waals surface area contributed by atoms with Crippen LogP contribution in [0.3, 0.4) is 0 Å². The number of hydrogen-bond acceptors (Lipinski definition) is 3. The van der Waals surface area contributed by atoms with E-state index in [1.54, 1.807) is 6.07 Å². The number of carbonyl (C=O) groups excluding carboxylic acids is 1. The molecule has 0 atom stereocenters. The second kappa shape index (κ2) is 9.65. The number of esters is 1. The summed E-state index contributed by atoms with van der Waals surface area (Å²) in [5.74, 6) is -0.609. The third kappa shape index (κ3) is 5.19. The van der Waals surface area contributed by atoms with Crippen LogP contribution in [0.5, 0.6) is 5.75 Å². The smallest absolute Gasteiger partial charge is 0.342 e. The first-order chi connectivity index (χ1) is 16.2. The largest absolute Gasteiger partial charge is 0.488 e. The van der Waals surface area contributed by atoms with Crippen molar-refractivity contribution in [1.82, 2.24) is 0 Å². The van der Waals surface area contributed by atoms with Crippen molar-refractivity contribution in [3.05, 3.63) is 95.3 Å². The average molecular weight is 458 g/mol. The maximum Gasteiger partial charge on any atom is 0.342 e. The summed E-state index contributed by atoms with van der Waals surface area (Å²) in [7, 11) is 0. The molecule has 1 saturated heterocycles. The Morgan fingerprint density at radius 2 is 1.38 bits per heavy atom. The fourth-order valence-electron chi connectivity index (χ4n) is 4.77. The minimum Gasteiger partial charge on any atom is -0.488 e. The van der Waals surface area contributed by atoms with E-state index in [-0.39, 0.29) is 42.1 Å². The van der Waals surface area contributed by atoms with Gasteiger partial charge in [-0.25, -0.2) is 9.18 Å². The van der Waals surface area contributed by atoms with Crippen LogP contribution in [-0.2, 0) is 18.0 Å². The second-order valence-electron chi connectivity index (χ2n) is 10.6. The van der Waals surface area contributed by atoms with Gasteiger partial charge in [0.05, 0.1) is 0 Å². The van der Waals surface area contributed by atoms with Gasteiger partial charge in [0.2, 0.25) is 0 Å². The van der Waals surface area contributed by atoms with E-state index in [1.807, 2.05) is 60.7 Å². The summed E-state index contributed by atoms with van der Waals surface area (Å²) in [6.07, 6.45) is 1.76. The molecule has 5 heteroatoms. The van der Waals surface area contributed by atoms with E-state index in [9.17, 15) is 4.79 Å². The molecule has 0 saturated carbocycles. The lowest BCUT2D eigenvalue weighted by Gasteiger charge is -2.35. The van der Waals surface area contributed by atoms with Crippen molar-refractivity contribution in [1.29, 1.82) is 0 Å². The molecule has 0 N–H and O–H groups in total. The van der Waals surface area contributed by atoms with Crippen LogP contribution in [0.1, 0.15) is 49.2 Å². The molecular weight excluding hydrogens is 426 g/mol. The molecule has 0 aromatic heterocycles. The maximum absolute atomic E-state index is 15.4. The zero-order chi connectivity index (χ0) is 24.3. The number of hydrogen-bond donors (Lipinski definition) is 0. The molecule has 1 aliphatic rings. The molecule has 3 aromatic rings. The number of ether oxygens (including phenoxy) is 2. The topological polar surface area (TPSA) is 35.5 Å². The van der Waals surface area contributed by atoms with Crippen molar-refractivity contribution in [2.75, 3.05) is 0 Å². The molecule has 0 radical (unpaired) electrons. The molecule has 34 heavy (non-hydrogen) atoms. The van der Waals surface area contributed by atoms with Crippen LogP contribution in [-0.4, -0.2) is 12.7 Å². The average Bonchev–Trinajstić information content (AvgIpc) is 3.04. The molecule has 176 valence electrons. The van der Waals surface area contributed by atoms with E-state index < -0.39 is 5.97 Å². The molecule has 1 fully saturated rings. The predicted molar refractivity (Wildman–Crippen MR) is 135 cm³/mol. The molecule has 4 rings (SSSR count). The quantitative estimate of drug-likeness (QED) is 0.298. The maximum atomic E-state index is 15.4. The van der Waals surface area contributed by atoms with Crippen LogP contribution in [0, 0.1) is 16.6 Å². The highest BCUT2D eigenvalue weighted by atomic mass is 19.1. The Bertz CT molecular complexity index is 1130. The molecule has 1 heterocycles. The van der Waals surface area contributed by atoms with Crippen molar-refractivity contribution < 1.29 is 18.7 Å². The Hall–Kier alpha value is -3.08. The number of halogens is 1. The first-order valence-corrected chi connectivity index (χ1v) is 11.9. The zero-order valence-electron chi connectivity index (χ0n) is 20.4. The summed E-state index contributed by atoms with van der Waals surface area (Å²) < 4.78 is 27.0. The molecule has 0 bridgehead atoms. The Balaban J connectivity index is 1.62. The molecule has 3 nitrogen and oxygen atoms in total. The minimum atomic E-state index is -0.593. The standard InChI is InChI=1S/C29H32BFO3/c1-28(2)19-30(20-29(28,3)4)24-16-26(33-17-21-11-7-5-8-12-21)23(15-25(24)31)27(32)34-18-22-13-9-6-10-14-22/h5-16H,17-20H2,1-4H3. The van der Waals surface area contributed by atoms with Gasteiger partial charge in [0.15, 0.2) is 6.71 Å². The van der Waals surface area contributed by atoms with Crippen LogP contribution < -0.4 is 10.2 Å². The first-order valence-electron chi connectivity index (χ1n) is 11.9. The predicted octanol–water partition coefficient (Wildman–Crippen LogP) is 6.53. The fraction of sp³-hybridized carbons (Fsp3) is 0.345. The van der Waals surface area contributed by atoms with Gasteiger partial charge in [-0.3, -0.25) is 0 Å². The van der Waals surface area contributed by atoms with E-state index >= 15 is 4.39 Å². The van der Waals surface area contributed by atoms with Gasteiger partial charge in [0.1, 0.15) is 30.3 Å². The van der Waals surface area contributed by atoms with E-state index in [4.69, 9.17) is 9.47 Å². The Labute approximate surface area is 202 Å². The fourth-order valence-corrected chi connectivity index (χ4v) is 4.77. The monoisotopic (exact) mass is 458 g/mol. The lowest BCUT2D eigenvalue weighted by Crippen LogP contribution is -2.32. The summed E-state index contributed by atoms with van der Waals surface area (Å²) in [6.45, 7) is 9.44. The number of rotatable bonds is 7. The highest BCUT2D eigenvalue weighted by Crippen LogP contribution is 2.52. The van der Waals surface area contributed by atoms with Crippen molar-refractivity contribution in [2.24, 2.45) is 10.8 Å². The van der Waals surface area contributed by atoms with E-state index in [2.05, 4.69) is 27.7 Å². The second-order valence-corrected chi connectivity index (χ2v) is 10.6. The molecule has 0 aliphatic carbocycles.